The number of alkyl halides is 3. The van der Waals surface area contributed by atoms with Crippen molar-refractivity contribution in [2.75, 3.05) is 17.4 Å². The van der Waals surface area contributed by atoms with Crippen molar-refractivity contribution in [3.05, 3.63) is 76.2 Å². The molecule has 0 saturated heterocycles. The molecule has 9 nitrogen and oxygen atoms in total. The van der Waals surface area contributed by atoms with Crippen molar-refractivity contribution in [3.63, 3.8) is 0 Å². The van der Waals surface area contributed by atoms with Gasteiger partial charge in [-0.25, -0.2) is 5.84 Å². The number of nitrogens with zero attached hydrogens (tertiary/aromatic N) is 3. The fraction of sp³-hybridized carbons (Fsp3) is 0.357. The van der Waals surface area contributed by atoms with E-state index in [4.69, 9.17) is 16.3 Å². The van der Waals surface area contributed by atoms with Crippen molar-refractivity contribution < 1.29 is 22.7 Å². The molecule has 1 fully saturated rings. The van der Waals surface area contributed by atoms with E-state index in [1.807, 2.05) is 13.8 Å². The summed E-state index contributed by atoms with van der Waals surface area (Å²) in [7, 11) is 3.16. The number of anilines is 2. The molecule has 0 unspecified atom stereocenters. The van der Waals surface area contributed by atoms with Gasteiger partial charge in [-0.2, -0.15) is 18.3 Å². The van der Waals surface area contributed by atoms with Crippen molar-refractivity contribution >= 4 is 23.0 Å². The predicted molar refractivity (Wildman–Crippen MR) is 148 cm³/mol. The number of ether oxygens (including phenoxy) is 1. The van der Waals surface area contributed by atoms with Crippen LogP contribution in [0.5, 0.6) is 5.75 Å². The van der Waals surface area contributed by atoms with E-state index in [-0.39, 0.29) is 29.6 Å². The van der Waals surface area contributed by atoms with Crippen LogP contribution in [0.3, 0.4) is 0 Å². The van der Waals surface area contributed by atoms with E-state index in [1.165, 1.54) is 18.3 Å². The minimum atomic E-state index is -4.60. The molecule has 0 spiro atoms. The number of amides is 1. The molecule has 1 aliphatic rings. The van der Waals surface area contributed by atoms with Gasteiger partial charge in [-0.1, -0.05) is 12.5 Å². The average molecular weight is 558 g/mol. The second-order valence-electron chi connectivity index (χ2n) is 9.94. The maximum atomic E-state index is 13.7. The molecule has 3 aromatic rings. The summed E-state index contributed by atoms with van der Waals surface area (Å²) < 4.78 is 48.4. The minimum Gasteiger partial charge on any atom is -0.494 e. The molecule has 0 radical (unpaired) electrons. The quantitative estimate of drug-likeness (QED) is 0.224. The summed E-state index contributed by atoms with van der Waals surface area (Å²) in [5.41, 5.74) is 8.97. The van der Waals surface area contributed by atoms with Gasteiger partial charge < -0.3 is 21.1 Å². The SMILES string of the molecule is COc1c(CNC2CCC2)cc(C(F)(F)F)cc1NC(=O)c1ccc(C)c(N(N)/C=C(\N)c2cnn(C)c2C)c1. The van der Waals surface area contributed by atoms with E-state index in [9.17, 15) is 18.0 Å². The molecule has 1 aliphatic carbocycles. The Kier molecular flexibility index (Phi) is 8.40. The van der Waals surface area contributed by atoms with E-state index in [1.54, 1.807) is 36.1 Å². The maximum absolute atomic E-state index is 13.7. The van der Waals surface area contributed by atoms with Crippen molar-refractivity contribution in [1.82, 2.24) is 15.1 Å². The summed E-state index contributed by atoms with van der Waals surface area (Å²) in [5, 5.41) is 11.3. The van der Waals surface area contributed by atoms with Crippen LogP contribution in [0.4, 0.5) is 24.5 Å². The largest absolute Gasteiger partial charge is 0.494 e. The molecule has 4 rings (SSSR count). The maximum Gasteiger partial charge on any atom is 0.416 e. The van der Waals surface area contributed by atoms with Gasteiger partial charge in [0.15, 0.2) is 0 Å². The summed E-state index contributed by atoms with van der Waals surface area (Å²) in [6.07, 6.45) is 1.58. The first kappa shape index (κ1) is 29.0. The second-order valence-corrected chi connectivity index (χ2v) is 9.94. The van der Waals surface area contributed by atoms with Crippen LogP contribution in [-0.4, -0.2) is 28.8 Å². The zero-order valence-corrected chi connectivity index (χ0v) is 22.9. The summed E-state index contributed by atoms with van der Waals surface area (Å²) in [4.78, 5) is 13.3. The lowest BCUT2D eigenvalue weighted by Gasteiger charge is -2.27. The van der Waals surface area contributed by atoms with Gasteiger partial charge >= 0.3 is 6.18 Å². The fourth-order valence-corrected chi connectivity index (χ4v) is 4.48. The molecule has 1 heterocycles. The van der Waals surface area contributed by atoms with Crippen LogP contribution in [0.25, 0.3) is 5.70 Å². The molecule has 214 valence electrons. The Bertz CT molecular complexity index is 1430. The number of methoxy groups -OCH3 is 1. The molecule has 2 aromatic carbocycles. The fourth-order valence-electron chi connectivity index (χ4n) is 4.48. The second kappa shape index (κ2) is 11.6. The number of benzene rings is 2. The lowest BCUT2D eigenvalue weighted by Crippen LogP contribution is -2.34. The van der Waals surface area contributed by atoms with Gasteiger partial charge in [0.05, 0.1) is 35.9 Å². The lowest BCUT2D eigenvalue weighted by molar-refractivity contribution is -0.137. The lowest BCUT2D eigenvalue weighted by atomic mass is 9.93. The Morgan fingerprint density at radius 2 is 1.98 bits per heavy atom. The van der Waals surface area contributed by atoms with E-state index in [0.717, 1.165) is 42.7 Å². The number of hydrogen-bond donors (Lipinski definition) is 4. The van der Waals surface area contributed by atoms with Gasteiger partial charge in [0.25, 0.3) is 5.91 Å². The van der Waals surface area contributed by atoms with Crippen LogP contribution in [0.15, 0.2) is 42.7 Å². The van der Waals surface area contributed by atoms with Crippen molar-refractivity contribution in [2.24, 2.45) is 18.6 Å². The summed E-state index contributed by atoms with van der Waals surface area (Å²) in [6, 6.07) is 7.00. The third-order valence-electron chi connectivity index (χ3n) is 7.21. The molecule has 12 heteroatoms. The number of nitrogens with one attached hydrogen (secondary N) is 2. The van der Waals surface area contributed by atoms with Gasteiger partial charge in [0.2, 0.25) is 0 Å². The Hall–Kier alpha value is -4.03. The van der Waals surface area contributed by atoms with Crippen LogP contribution in [0.2, 0.25) is 0 Å². The Labute approximate surface area is 230 Å². The van der Waals surface area contributed by atoms with E-state index in [0.29, 0.717) is 22.5 Å². The first-order chi connectivity index (χ1) is 18.9. The summed E-state index contributed by atoms with van der Waals surface area (Å²) in [5.74, 6) is 5.84. The Morgan fingerprint density at radius 3 is 2.55 bits per heavy atom. The van der Waals surface area contributed by atoms with Gasteiger partial charge in [-0.3, -0.25) is 14.5 Å². The van der Waals surface area contributed by atoms with Gasteiger partial charge in [0, 0.05) is 48.2 Å². The van der Waals surface area contributed by atoms with Crippen molar-refractivity contribution in [2.45, 2.75) is 51.9 Å². The molecular formula is C28H34F3N7O2. The van der Waals surface area contributed by atoms with E-state index in [2.05, 4.69) is 15.7 Å². The Morgan fingerprint density at radius 1 is 1.25 bits per heavy atom. The molecule has 0 bridgehead atoms. The van der Waals surface area contributed by atoms with Gasteiger partial charge in [0.1, 0.15) is 5.75 Å². The molecular weight excluding hydrogens is 523 g/mol. The average Bonchev–Trinajstić information content (AvgIpc) is 3.20. The molecule has 0 atom stereocenters. The van der Waals surface area contributed by atoms with Gasteiger partial charge in [-0.15, -0.1) is 0 Å². The molecule has 40 heavy (non-hydrogen) atoms. The van der Waals surface area contributed by atoms with Crippen LogP contribution >= 0.6 is 0 Å². The first-order valence-electron chi connectivity index (χ1n) is 12.8. The standard InChI is InChI=1S/C28H34F3N7O2/c1-16-8-9-18(11-25(16)38(33)15-23(32)22-14-35-37(3)17(22)2)27(39)36-24-12-20(28(29,30)31)10-19(26(24)40-4)13-34-21-6-5-7-21/h8-12,14-15,21,34H,5-7,13,32-33H2,1-4H3,(H,36,39)/b23-15-. The number of aryl methyl sites for hydroxylation is 2. The molecule has 6 N–H and O–H groups in total. The third-order valence-corrected chi connectivity index (χ3v) is 7.21. The number of nitrogens with two attached hydrogens (primary N) is 2. The predicted octanol–water partition coefficient (Wildman–Crippen LogP) is 4.60. The molecule has 1 amide bonds. The zero-order valence-electron chi connectivity index (χ0n) is 22.9. The number of carbonyl (C=O) groups excluding carboxylic acids is 1. The molecule has 1 aromatic heterocycles. The third kappa shape index (κ3) is 6.23. The smallest absolute Gasteiger partial charge is 0.416 e. The number of rotatable bonds is 9. The first-order valence-corrected chi connectivity index (χ1v) is 12.8. The summed E-state index contributed by atoms with van der Waals surface area (Å²) >= 11 is 0. The highest BCUT2D eigenvalue weighted by Crippen LogP contribution is 2.38. The summed E-state index contributed by atoms with van der Waals surface area (Å²) in [6.45, 7) is 3.87. The van der Waals surface area contributed by atoms with Gasteiger partial charge in [-0.05, 0) is 56.5 Å². The van der Waals surface area contributed by atoms with Crippen molar-refractivity contribution in [1.29, 1.82) is 0 Å². The highest BCUT2D eigenvalue weighted by atomic mass is 19.4. The number of halogens is 3. The topological polar surface area (TPSA) is 123 Å². The number of hydrogen-bond acceptors (Lipinski definition) is 7. The van der Waals surface area contributed by atoms with Crippen LogP contribution in [0.1, 0.15) is 57.6 Å². The zero-order chi connectivity index (χ0) is 29.2. The van der Waals surface area contributed by atoms with E-state index < -0.39 is 17.6 Å². The number of hydrazine groups is 1. The minimum absolute atomic E-state index is 0.0735. The monoisotopic (exact) mass is 557 g/mol. The normalized spacial score (nSPS) is 14.2. The number of carbonyl (C=O) groups is 1. The van der Waals surface area contributed by atoms with Crippen LogP contribution in [-0.2, 0) is 19.8 Å². The molecule has 1 saturated carbocycles. The molecule has 0 aliphatic heterocycles. The van der Waals surface area contributed by atoms with Crippen LogP contribution < -0.4 is 32.0 Å². The number of aromatic nitrogens is 2. The van der Waals surface area contributed by atoms with Crippen molar-refractivity contribution in [3.8, 4) is 5.75 Å². The van der Waals surface area contributed by atoms with E-state index >= 15 is 0 Å². The Balaban J connectivity index is 1.62. The highest BCUT2D eigenvalue weighted by Gasteiger charge is 2.33. The van der Waals surface area contributed by atoms with Crippen LogP contribution in [0, 0.1) is 13.8 Å². The highest BCUT2D eigenvalue weighted by molar-refractivity contribution is 6.06.